The van der Waals surface area contributed by atoms with Crippen molar-refractivity contribution >= 4 is 0 Å². The van der Waals surface area contributed by atoms with Gasteiger partial charge in [0, 0.05) is 6.04 Å². The van der Waals surface area contributed by atoms with E-state index in [4.69, 9.17) is 5.73 Å². The molecule has 0 amide bonds. The molecule has 0 rings (SSSR count). The van der Waals surface area contributed by atoms with E-state index in [9.17, 15) is 0 Å². The van der Waals surface area contributed by atoms with Gasteiger partial charge in [0.05, 0.1) is 0 Å². The zero-order chi connectivity index (χ0) is 7.28. The highest BCUT2D eigenvalue weighted by Gasteiger charge is 2.04. The lowest BCUT2D eigenvalue weighted by Gasteiger charge is -2.14. The van der Waals surface area contributed by atoms with Gasteiger partial charge < -0.3 is 11.1 Å². The van der Waals surface area contributed by atoms with Crippen LogP contribution in [0.5, 0.6) is 0 Å². The number of hydrogen-bond donors (Lipinski definition) is 2. The van der Waals surface area contributed by atoms with Gasteiger partial charge in [0.15, 0.2) is 0 Å². The van der Waals surface area contributed by atoms with E-state index in [1.807, 2.05) is 7.05 Å². The average Bonchev–Trinajstić information content (AvgIpc) is 1.82. The molecule has 56 valence electrons. The Hall–Kier alpha value is -0.0800. The predicted molar refractivity (Wildman–Crippen MR) is 41.4 cm³/mol. The maximum absolute atomic E-state index is 5.76. The molecule has 0 aliphatic carbocycles. The minimum absolute atomic E-state index is 0.359. The molecule has 1 atom stereocenters. The van der Waals surface area contributed by atoms with Crippen molar-refractivity contribution in [2.45, 2.75) is 26.3 Å². The van der Waals surface area contributed by atoms with Gasteiger partial charge in [-0.3, -0.25) is 0 Å². The van der Waals surface area contributed by atoms with E-state index >= 15 is 0 Å². The summed E-state index contributed by atoms with van der Waals surface area (Å²) in [5.74, 6) is 0.610. The molecule has 0 bridgehead atoms. The van der Waals surface area contributed by atoms with Crippen molar-refractivity contribution in [1.82, 2.24) is 5.32 Å². The number of nitrogens with one attached hydrogen (secondary N) is 1. The summed E-state index contributed by atoms with van der Waals surface area (Å²) in [6.07, 6.45) is 1.08. The summed E-state index contributed by atoms with van der Waals surface area (Å²) >= 11 is 0. The fourth-order valence-electron chi connectivity index (χ4n) is 0.644. The molecule has 0 fully saturated rings. The molecule has 2 heteroatoms. The first-order valence-corrected chi connectivity index (χ1v) is 3.58. The molecule has 0 spiro atoms. The van der Waals surface area contributed by atoms with Crippen molar-refractivity contribution in [2.75, 3.05) is 13.6 Å². The van der Waals surface area contributed by atoms with Crippen molar-refractivity contribution < 1.29 is 0 Å². The normalized spacial score (nSPS) is 14.3. The Morgan fingerprint density at radius 3 is 2.33 bits per heavy atom. The minimum atomic E-state index is 0.359. The van der Waals surface area contributed by atoms with Gasteiger partial charge in [-0.15, -0.1) is 0 Å². The van der Waals surface area contributed by atoms with Crippen molar-refractivity contribution in [2.24, 2.45) is 11.7 Å². The summed E-state index contributed by atoms with van der Waals surface area (Å²) in [6.45, 7) is 5.33. The highest BCUT2D eigenvalue weighted by Crippen LogP contribution is 2.00. The van der Waals surface area contributed by atoms with Gasteiger partial charge in [-0.05, 0) is 25.9 Å². The highest BCUT2D eigenvalue weighted by atomic mass is 14.8. The second-order valence-corrected chi connectivity index (χ2v) is 2.80. The van der Waals surface area contributed by atoms with Gasteiger partial charge >= 0.3 is 0 Å². The van der Waals surface area contributed by atoms with Gasteiger partial charge in [-0.2, -0.15) is 0 Å². The molecule has 0 aromatic heterocycles. The van der Waals surface area contributed by atoms with Gasteiger partial charge in [0.1, 0.15) is 0 Å². The Labute approximate surface area is 57.8 Å². The van der Waals surface area contributed by atoms with Crippen LogP contribution in [0, 0.1) is 5.92 Å². The zero-order valence-electron chi connectivity index (χ0n) is 6.65. The summed E-state index contributed by atoms with van der Waals surface area (Å²) in [4.78, 5) is 0. The van der Waals surface area contributed by atoms with E-state index in [-0.39, 0.29) is 0 Å². The van der Waals surface area contributed by atoms with Crippen LogP contribution in [0.1, 0.15) is 20.3 Å². The molecule has 0 aliphatic rings. The van der Waals surface area contributed by atoms with Crippen LogP contribution in [-0.2, 0) is 0 Å². The fourth-order valence-corrected chi connectivity index (χ4v) is 0.644. The topological polar surface area (TPSA) is 38.0 Å². The lowest BCUT2D eigenvalue weighted by molar-refractivity contribution is 0.457. The van der Waals surface area contributed by atoms with E-state index in [0.717, 1.165) is 13.0 Å². The third-order valence-corrected chi connectivity index (χ3v) is 1.58. The van der Waals surface area contributed by atoms with Crippen LogP contribution in [0.4, 0.5) is 0 Å². The van der Waals surface area contributed by atoms with Crippen LogP contribution < -0.4 is 11.1 Å². The van der Waals surface area contributed by atoms with Gasteiger partial charge in [-0.25, -0.2) is 0 Å². The van der Waals surface area contributed by atoms with E-state index in [2.05, 4.69) is 19.2 Å². The first kappa shape index (κ1) is 8.92. The maximum Gasteiger partial charge on any atom is 0.00739 e. The Kier molecular flexibility index (Phi) is 4.72. The average molecular weight is 130 g/mol. The van der Waals surface area contributed by atoms with E-state index in [0.29, 0.717) is 12.0 Å². The molecule has 0 aliphatic heterocycles. The number of nitrogens with two attached hydrogens (primary N) is 1. The first-order chi connectivity index (χ1) is 4.18. The van der Waals surface area contributed by atoms with E-state index in [1.54, 1.807) is 0 Å². The molecule has 9 heavy (non-hydrogen) atoms. The Balaban J connectivity index is 3.16. The standard InChI is InChI=1S/C7H18N2/c1-6(2)7(8)4-5-9-3/h6-7,9H,4-5,8H2,1-3H3. The lowest BCUT2D eigenvalue weighted by atomic mass is 10.0. The summed E-state index contributed by atoms with van der Waals surface area (Å²) in [5.41, 5.74) is 5.76. The molecular formula is C7H18N2. The maximum atomic E-state index is 5.76. The summed E-state index contributed by atoms with van der Waals surface area (Å²) in [6, 6.07) is 0.359. The summed E-state index contributed by atoms with van der Waals surface area (Å²) in [5, 5.41) is 3.07. The minimum Gasteiger partial charge on any atom is -0.327 e. The van der Waals surface area contributed by atoms with Crippen LogP contribution in [-0.4, -0.2) is 19.6 Å². The molecule has 2 nitrogen and oxygen atoms in total. The fraction of sp³-hybridized carbons (Fsp3) is 1.00. The van der Waals surface area contributed by atoms with Crippen molar-refractivity contribution in [3.05, 3.63) is 0 Å². The summed E-state index contributed by atoms with van der Waals surface area (Å²) < 4.78 is 0. The largest absolute Gasteiger partial charge is 0.327 e. The van der Waals surface area contributed by atoms with Crippen LogP contribution in [0.3, 0.4) is 0 Å². The lowest BCUT2D eigenvalue weighted by Crippen LogP contribution is -2.29. The molecule has 0 saturated heterocycles. The molecular weight excluding hydrogens is 112 g/mol. The Morgan fingerprint density at radius 1 is 1.44 bits per heavy atom. The Morgan fingerprint density at radius 2 is 2.00 bits per heavy atom. The van der Waals surface area contributed by atoms with Gasteiger partial charge in [0.2, 0.25) is 0 Å². The third kappa shape index (κ3) is 4.43. The molecule has 0 saturated carbocycles. The van der Waals surface area contributed by atoms with Crippen molar-refractivity contribution in [3.63, 3.8) is 0 Å². The number of rotatable bonds is 4. The second-order valence-electron chi connectivity index (χ2n) is 2.80. The van der Waals surface area contributed by atoms with Gasteiger partial charge in [0.25, 0.3) is 0 Å². The summed E-state index contributed by atoms with van der Waals surface area (Å²) in [7, 11) is 1.95. The first-order valence-electron chi connectivity index (χ1n) is 3.58. The SMILES string of the molecule is CNCCC(N)C(C)C. The monoisotopic (exact) mass is 130 g/mol. The van der Waals surface area contributed by atoms with Crippen LogP contribution in [0.15, 0.2) is 0 Å². The Bertz CT molecular complexity index is 61.9. The molecule has 0 radical (unpaired) electrons. The predicted octanol–water partition coefficient (Wildman–Crippen LogP) is 0.579. The van der Waals surface area contributed by atoms with Crippen molar-refractivity contribution in [3.8, 4) is 0 Å². The van der Waals surface area contributed by atoms with Crippen LogP contribution in [0.25, 0.3) is 0 Å². The highest BCUT2D eigenvalue weighted by molar-refractivity contribution is 4.65. The molecule has 0 aromatic rings. The molecule has 1 unspecified atom stereocenters. The molecule has 0 heterocycles. The quantitative estimate of drug-likeness (QED) is 0.584. The molecule has 3 N–H and O–H groups in total. The second kappa shape index (κ2) is 4.77. The van der Waals surface area contributed by atoms with E-state index in [1.165, 1.54) is 0 Å². The smallest absolute Gasteiger partial charge is 0.00739 e. The van der Waals surface area contributed by atoms with Crippen LogP contribution in [0.2, 0.25) is 0 Å². The van der Waals surface area contributed by atoms with Crippen molar-refractivity contribution in [1.29, 1.82) is 0 Å². The zero-order valence-corrected chi connectivity index (χ0v) is 6.65. The van der Waals surface area contributed by atoms with Crippen LogP contribution >= 0.6 is 0 Å². The van der Waals surface area contributed by atoms with Gasteiger partial charge in [-0.1, -0.05) is 13.8 Å². The molecule has 0 aromatic carbocycles. The number of hydrogen-bond acceptors (Lipinski definition) is 2. The van der Waals surface area contributed by atoms with E-state index < -0.39 is 0 Å². The third-order valence-electron chi connectivity index (χ3n) is 1.58.